The summed E-state index contributed by atoms with van der Waals surface area (Å²) in [6, 6.07) is -0.0984. The fourth-order valence-electron chi connectivity index (χ4n) is 1.52. The molecule has 0 spiro atoms. The van der Waals surface area contributed by atoms with E-state index >= 15 is 0 Å². The van der Waals surface area contributed by atoms with Gasteiger partial charge in [0.25, 0.3) is 0 Å². The van der Waals surface area contributed by atoms with Gasteiger partial charge in [0.1, 0.15) is 6.04 Å². The molecule has 0 aromatic carbocycles. The third kappa shape index (κ3) is 1.95. The van der Waals surface area contributed by atoms with Gasteiger partial charge in [-0.25, -0.2) is 0 Å². The molecule has 0 aliphatic carbocycles. The van der Waals surface area contributed by atoms with Crippen LogP contribution >= 0.6 is 0 Å². The Bertz CT molecular complexity index is 172. The van der Waals surface area contributed by atoms with Crippen LogP contribution in [0.25, 0.3) is 0 Å². The highest BCUT2D eigenvalue weighted by atomic mass is 16.1. The van der Waals surface area contributed by atoms with Gasteiger partial charge in [0.2, 0.25) is 5.91 Å². The maximum absolute atomic E-state index is 11.0. The van der Waals surface area contributed by atoms with Crippen LogP contribution in [0.3, 0.4) is 0 Å². The van der Waals surface area contributed by atoms with E-state index in [2.05, 4.69) is 11.8 Å². The first kappa shape index (κ1) is 9.48. The topological polar surface area (TPSA) is 49.6 Å². The van der Waals surface area contributed by atoms with E-state index < -0.39 is 0 Å². The monoisotopic (exact) mass is 171 g/mol. The number of hydrogen-bond acceptors (Lipinski definition) is 3. The summed E-state index contributed by atoms with van der Waals surface area (Å²) in [6.45, 7) is 5.85. The van der Waals surface area contributed by atoms with Gasteiger partial charge in [0.15, 0.2) is 0 Å². The molecule has 1 saturated heterocycles. The van der Waals surface area contributed by atoms with E-state index in [4.69, 9.17) is 5.73 Å². The second-order valence-corrected chi connectivity index (χ2v) is 3.29. The smallest absolute Gasteiger partial charge is 0.236 e. The Morgan fingerprint density at radius 2 is 2.25 bits per heavy atom. The minimum Gasteiger partial charge on any atom is -0.368 e. The first-order valence-electron chi connectivity index (χ1n) is 4.37. The summed E-state index contributed by atoms with van der Waals surface area (Å²) in [5.41, 5.74) is 5.27. The fraction of sp³-hybridized carbons (Fsp3) is 0.875. The number of nitrogens with two attached hydrogens (primary N) is 1. The van der Waals surface area contributed by atoms with Gasteiger partial charge in [-0.1, -0.05) is 6.92 Å². The van der Waals surface area contributed by atoms with Crippen molar-refractivity contribution in [1.29, 1.82) is 0 Å². The molecule has 4 nitrogen and oxygen atoms in total. The van der Waals surface area contributed by atoms with Gasteiger partial charge < -0.3 is 10.6 Å². The van der Waals surface area contributed by atoms with Crippen LogP contribution in [0, 0.1) is 0 Å². The maximum Gasteiger partial charge on any atom is 0.236 e. The number of rotatable bonds is 2. The minimum atomic E-state index is -0.212. The number of likely N-dealkylation sites (N-methyl/N-ethyl adjacent to an activating group) is 2. The van der Waals surface area contributed by atoms with Gasteiger partial charge in [-0.2, -0.15) is 0 Å². The molecule has 0 saturated carbocycles. The Kier molecular flexibility index (Phi) is 3.05. The SMILES string of the molecule is CCN1CCN(C)[C@@H](C(N)=O)C1. The van der Waals surface area contributed by atoms with Gasteiger partial charge in [0, 0.05) is 19.6 Å². The van der Waals surface area contributed by atoms with Crippen LogP contribution in [0.5, 0.6) is 0 Å². The van der Waals surface area contributed by atoms with Crippen molar-refractivity contribution in [3.05, 3.63) is 0 Å². The number of hydrogen-bond donors (Lipinski definition) is 1. The van der Waals surface area contributed by atoms with Crippen molar-refractivity contribution >= 4 is 5.91 Å². The summed E-state index contributed by atoms with van der Waals surface area (Å²) >= 11 is 0. The van der Waals surface area contributed by atoms with Gasteiger partial charge >= 0.3 is 0 Å². The van der Waals surface area contributed by atoms with E-state index in [0.717, 1.165) is 26.2 Å². The van der Waals surface area contributed by atoms with Crippen molar-refractivity contribution in [2.24, 2.45) is 5.73 Å². The Labute approximate surface area is 73.3 Å². The number of primary amides is 1. The number of amides is 1. The van der Waals surface area contributed by atoms with Crippen LogP contribution in [-0.4, -0.2) is 55.0 Å². The predicted octanol–water partition coefficient (Wildman–Crippen LogP) is -0.892. The average molecular weight is 171 g/mol. The minimum absolute atomic E-state index is 0.0984. The van der Waals surface area contributed by atoms with Gasteiger partial charge in [-0.05, 0) is 13.6 Å². The number of carbonyl (C=O) groups excluding carboxylic acids is 1. The molecule has 0 aromatic rings. The zero-order valence-electron chi connectivity index (χ0n) is 7.79. The second kappa shape index (κ2) is 3.87. The quantitative estimate of drug-likeness (QED) is 0.586. The van der Waals surface area contributed by atoms with Crippen LogP contribution < -0.4 is 5.73 Å². The fourth-order valence-corrected chi connectivity index (χ4v) is 1.52. The molecule has 4 heteroatoms. The lowest BCUT2D eigenvalue weighted by Crippen LogP contribution is -2.56. The third-order valence-electron chi connectivity index (χ3n) is 2.51. The van der Waals surface area contributed by atoms with Crippen molar-refractivity contribution in [2.75, 3.05) is 33.2 Å². The van der Waals surface area contributed by atoms with Crippen LogP contribution in [0.2, 0.25) is 0 Å². The van der Waals surface area contributed by atoms with Crippen LogP contribution in [0.15, 0.2) is 0 Å². The molecule has 70 valence electrons. The van der Waals surface area contributed by atoms with E-state index in [1.807, 2.05) is 11.9 Å². The Balaban J connectivity index is 2.53. The maximum atomic E-state index is 11.0. The molecule has 12 heavy (non-hydrogen) atoms. The largest absolute Gasteiger partial charge is 0.368 e. The molecule has 0 radical (unpaired) electrons. The number of carbonyl (C=O) groups is 1. The lowest BCUT2D eigenvalue weighted by molar-refractivity contribution is -0.124. The summed E-state index contributed by atoms with van der Waals surface area (Å²) in [4.78, 5) is 15.2. The van der Waals surface area contributed by atoms with Crippen molar-refractivity contribution in [3.8, 4) is 0 Å². The molecule has 1 aliphatic heterocycles. The van der Waals surface area contributed by atoms with Crippen LogP contribution in [-0.2, 0) is 4.79 Å². The van der Waals surface area contributed by atoms with Gasteiger partial charge in [-0.15, -0.1) is 0 Å². The third-order valence-corrected chi connectivity index (χ3v) is 2.51. The van der Waals surface area contributed by atoms with Crippen molar-refractivity contribution in [1.82, 2.24) is 9.80 Å². The van der Waals surface area contributed by atoms with Crippen molar-refractivity contribution in [2.45, 2.75) is 13.0 Å². The molecule has 2 N–H and O–H groups in total. The van der Waals surface area contributed by atoms with Gasteiger partial charge in [-0.3, -0.25) is 9.69 Å². The lowest BCUT2D eigenvalue weighted by atomic mass is 10.2. The zero-order valence-corrected chi connectivity index (χ0v) is 7.79. The first-order chi connectivity index (χ1) is 5.65. The Hall–Kier alpha value is -0.610. The van der Waals surface area contributed by atoms with Crippen LogP contribution in [0.1, 0.15) is 6.92 Å². The van der Waals surface area contributed by atoms with E-state index in [1.54, 1.807) is 0 Å². The highest BCUT2D eigenvalue weighted by molar-refractivity contribution is 5.80. The van der Waals surface area contributed by atoms with E-state index in [1.165, 1.54) is 0 Å². The summed E-state index contributed by atoms with van der Waals surface area (Å²) < 4.78 is 0. The molecule has 1 amide bonds. The normalized spacial score (nSPS) is 27.3. The number of piperazine rings is 1. The summed E-state index contributed by atoms with van der Waals surface area (Å²) in [5, 5.41) is 0. The highest BCUT2D eigenvalue weighted by Gasteiger charge is 2.27. The molecular weight excluding hydrogens is 154 g/mol. The standard InChI is InChI=1S/C8H17N3O/c1-3-11-5-4-10(2)7(6-11)8(9)12/h7H,3-6H2,1-2H3,(H2,9,12)/t7-/m1/s1. The van der Waals surface area contributed by atoms with Crippen LogP contribution in [0.4, 0.5) is 0 Å². The molecule has 0 aromatic heterocycles. The highest BCUT2D eigenvalue weighted by Crippen LogP contribution is 2.06. The van der Waals surface area contributed by atoms with E-state index in [9.17, 15) is 4.79 Å². The molecule has 1 aliphatic rings. The lowest BCUT2D eigenvalue weighted by Gasteiger charge is -2.37. The molecular formula is C8H17N3O. The molecule has 0 unspecified atom stereocenters. The zero-order chi connectivity index (χ0) is 9.14. The molecule has 1 heterocycles. The molecule has 1 atom stereocenters. The summed E-state index contributed by atoms with van der Waals surface area (Å²) in [6.07, 6.45) is 0. The molecule has 1 fully saturated rings. The Morgan fingerprint density at radius 3 is 2.75 bits per heavy atom. The summed E-state index contributed by atoms with van der Waals surface area (Å²) in [7, 11) is 1.95. The van der Waals surface area contributed by atoms with Gasteiger partial charge in [0.05, 0.1) is 0 Å². The predicted molar refractivity (Wildman–Crippen MR) is 47.7 cm³/mol. The van der Waals surface area contributed by atoms with Crippen molar-refractivity contribution < 1.29 is 4.79 Å². The first-order valence-corrected chi connectivity index (χ1v) is 4.37. The van der Waals surface area contributed by atoms with E-state index in [0.29, 0.717) is 0 Å². The molecule has 1 rings (SSSR count). The van der Waals surface area contributed by atoms with E-state index in [-0.39, 0.29) is 11.9 Å². The average Bonchev–Trinajstić information content (AvgIpc) is 2.05. The van der Waals surface area contributed by atoms with Crippen molar-refractivity contribution in [3.63, 3.8) is 0 Å². The summed E-state index contributed by atoms with van der Waals surface area (Å²) in [5.74, 6) is -0.212. The molecule has 0 bridgehead atoms. The number of nitrogens with zero attached hydrogens (tertiary/aromatic N) is 2. The Morgan fingerprint density at radius 1 is 1.58 bits per heavy atom. The second-order valence-electron chi connectivity index (χ2n) is 3.29.